The highest BCUT2D eigenvalue weighted by Crippen LogP contribution is 2.10. The first-order valence-electron chi connectivity index (χ1n) is 5.50. The van der Waals surface area contributed by atoms with Crippen molar-refractivity contribution in [3.8, 4) is 0 Å². The van der Waals surface area contributed by atoms with Gasteiger partial charge >= 0.3 is 12.0 Å². The molecule has 0 aliphatic rings. The summed E-state index contributed by atoms with van der Waals surface area (Å²) in [5.74, 6) is -0.0200. The molecule has 1 aromatic rings. The molecule has 0 bridgehead atoms. The van der Waals surface area contributed by atoms with Crippen molar-refractivity contribution in [1.82, 2.24) is 5.32 Å². The van der Waals surface area contributed by atoms with Crippen molar-refractivity contribution in [3.63, 3.8) is 0 Å². The molecule has 0 heterocycles. The zero-order valence-electron chi connectivity index (χ0n) is 10.1. The molecule has 0 aliphatic heterocycles. The van der Waals surface area contributed by atoms with Crippen LogP contribution in [0.3, 0.4) is 0 Å². The second kappa shape index (κ2) is 7.60. The van der Waals surface area contributed by atoms with Crippen LogP contribution in [0.15, 0.2) is 24.3 Å². The van der Waals surface area contributed by atoms with E-state index in [1.54, 1.807) is 23.9 Å². The Balaban J connectivity index is 2.44. The first-order valence-corrected chi connectivity index (χ1v) is 6.90. The second-order valence-electron chi connectivity index (χ2n) is 3.61. The van der Waals surface area contributed by atoms with Gasteiger partial charge < -0.3 is 15.7 Å². The molecule has 98 valence electrons. The van der Waals surface area contributed by atoms with Crippen LogP contribution in [0.4, 0.5) is 10.5 Å². The number of hydrogen-bond acceptors (Lipinski definition) is 3. The van der Waals surface area contributed by atoms with Gasteiger partial charge in [0, 0.05) is 12.2 Å². The number of nitrogens with one attached hydrogen (secondary N) is 2. The van der Waals surface area contributed by atoms with Crippen LogP contribution in [0.5, 0.6) is 0 Å². The van der Waals surface area contributed by atoms with Crippen molar-refractivity contribution in [2.75, 3.05) is 23.9 Å². The summed E-state index contributed by atoms with van der Waals surface area (Å²) in [4.78, 5) is 22.2. The molecule has 0 radical (unpaired) electrons. The number of thioether (sulfide) groups is 1. The van der Waals surface area contributed by atoms with E-state index < -0.39 is 5.97 Å². The zero-order valence-corrected chi connectivity index (χ0v) is 10.9. The molecule has 0 fully saturated rings. The summed E-state index contributed by atoms with van der Waals surface area (Å²) in [5, 5.41) is 14.1. The largest absolute Gasteiger partial charge is 0.478 e. The molecular weight excluding hydrogens is 252 g/mol. The highest BCUT2D eigenvalue weighted by molar-refractivity contribution is 7.98. The summed E-state index contributed by atoms with van der Waals surface area (Å²) in [5.41, 5.74) is 0.618. The minimum Gasteiger partial charge on any atom is -0.478 e. The molecule has 0 atom stereocenters. The lowest BCUT2D eigenvalue weighted by atomic mass is 10.2. The Kier molecular flexibility index (Phi) is 6.07. The number of benzene rings is 1. The van der Waals surface area contributed by atoms with Crippen LogP contribution < -0.4 is 10.6 Å². The lowest BCUT2D eigenvalue weighted by molar-refractivity contribution is 0.0697. The highest BCUT2D eigenvalue weighted by Gasteiger charge is 2.05. The van der Waals surface area contributed by atoms with Crippen LogP contribution >= 0.6 is 11.8 Å². The van der Waals surface area contributed by atoms with Crippen molar-refractivity contribution in [2.24, 2.45) is 0 Å². The van der Waals surface area contributed by atoms with Crippen molar-refractivity contribution < 1.29 is 14.7 Å². The average Bonchev–Trinajstić information content (AvgIpc) is 2.35. The van der Waals surface area contributed by atoms with Crippen LogP contribution in [-0.4, -0.2) is 35.7 Å². The molecule has 6 heteroatoms. The lowest BCUT2D eigenvalue weighted by Crippen LogP contribution is -2.29. The maximum absolute atomic E-state index is 11.5. The van der Waals surface area contributed by atoms with E-state index in [1.807, 2.05) is 6.26 Å². The van der Waals surface area contributed by atoms with Gasteiger partial charge in [-0.1, -0.05) is 6.07 Å². The van der Waals surface area contributed by atoms with E-state index in [2.05, 4.69) is 10.6 Å². The summed E-state index contributed by atoms with van der Waals surface area (Å²) in [6, 6.07) is 5.81. The van der Waals surface area contributed by atoms with Crippen LogP contribution in [-0.2, 0) is 0 Å². The number of anilines is 1. The molecule has 1 rings (SSSR count). The number of carboxylic acids is 1. The molecule has 0 aromatic heterocycles. The van der Waals surface area contributed by atoms with Crippen LogP contribution in [0.1, 0.15) is 16.8 Å². The number of amides is 2. The van der Waals surface area contributed by atoms with E-state index in [0.717, 1.165) is 12.2 Å². The lowest BCUT2D eigenvalue weighted by Gasteiger charge is -2.07. The predicted octanol–water partition coefficient (Wildman–Crippen LogP) is 2.26. The van der Waals surface area contributed by atoms with Gasteiger partial charge in [0.2, 0.25) is 0 Å². The fourth-order valence-corrected chi connectivity index (χ4v) is 1.76. The van der Waals surface area contributed by atoms with E-state index in [-0.39, 0.29) is 11.6 Å². The molecule has 3 N–H and O–H groups in total. The molecule has 1 aromatic carbocycles. The van der Waals surface area contributed by atoms with E-state index >= 15 is 0 Å². The van der Waals surface area contributed by atoms with Crippen LogP contribution in [0.2, 0.25) is 0 Å². The standard InChI is InChI=1S/C12H16N2O3S/c1-18-7-3-6-13-12(17)14-10-5-2-4-9(8-10)11(15)16/h2,4-5,8H,3,6-7H2,1H3,(H,15,16)(H2,13,14,17). The minimum absolute atomic E-state index is 0.148. The highest BCUT2D eigenvalue weighted by atomic mass is 32.2. The summed E-state index contributed by atoms with van der Waals surface area (Å²) in [6.07, 6.45) is 2.92. The Morgan fingerprint density at radius 2 is 2.17 bits per heavy atom. The number of carbonyl (C=O) groups excluding carboxylic acids is 1. The van der Waals surface area contributed by atoms with Crippen molar-refractivity contribution >= 4 is 29.4 Å². The number of urea groups is 1. The van der Waals surface area contributed by atoms with Crippen molar-refractivity contribution in [3.05, 3.63) is 29.8 Å². The smallest absolute Gasteiger partial charge is 0.335 e. The molecule has 0 saturated heterocycles. The van der Waals surface area contributed by atoms with Crippen LogP contribution in [0.25, 0.3) is 0 Å². The normalized spacial score (nSPS) is 9.83. The Morgan fingerprint density at radius 1 is 1.39 bits per heavy atom. The van der Waals surface area contributed by atoms with Gasteiger partial charge in [-0.05, 0) is 36.6 Å². The predicted molar refractivity (Wildman–Crippen MR) is 73.4 cm³/mol. The van der Waals surface area contributed by atoms with Crippen LogP contribution in [0, 0.1) is 0 Å². The number of carbonyl (C=O) groups is 2. The van der Waals surface area contributed by atoms with E-state index in [1.165, 1.54) is 12.1 Å². The van der Waals surface area contributed by atoms with Gasteiger partial charge in [-0.2, -0.15) is 11.8 Å². The van der Waals surface area contributed by atoms with E-state index in [9.17, 15) is 9.59 Å². The summed E-state index contributed by atoms with van der Waals surface area (Å²) < 4.78 is 0. The fraction of sp³-hybridized carbons (Fsp3) is 0.333. The first kappa shape index (κ1) is 14.4. The Bertz CT molecular complexity index is 424. The van der Waals surface area contributed by atoms with Crippen molar-refractivity contribution in [2.45, 2.75) is 6.42 Å². The minimum atomic E-state index is -1.01. The van der Waals surface area contributed by atoms with Gasteiger partial charge in [0.25, 0.3) is 0 Å². The molecule has 18 heavy (non-hydrogen) atoms. The average molecular weight is 268 g/mol. The molecule has 0 spiro atoms. The molecule has 0 aliphatic carbocycles. The Hall–Kier alpha value is -1.69. The van der Waals surface area contributed by atoms with E-state index in [0.29, 0.717) is 12.2 Å². The van der Waals surface area contributed by atoms with Gasteiger partial charge in [-0.3, -0.25) is 0 Å². The molecule has 2 amide bonds. The summed E-state index contributed by atoms with van der Waals surface area (Å²) in [6.45, 7) is 0.602. The topological polar surface area (TPSA) is 78.4 Å². The third-order valence-electron chi connectivity index (χ3n) is 2.18. The third-order valence-corrected chi connectivity index (χ3v) is 2.88. The van der Waals surface area contributed by atoms with Gasteiger partial charge in [0.1, 0.15) is 0 Å². The Labute approximate surface area is 110 Å². The fourth-order valence-electron chi connectivity index (χ4n) is 1.32. The summed E-state index contributed by atoms with van der Waals surface area (Å²) >= 11 is 1.73. The number of rotatable bonds is 6. The Morgan fingerprint density at radius 3 is 2.83 bits per heavy atom. The number of hydrogen-bond donors (Lipinski definition) is 3. The van der Waals surface area contributed by atoms with Crippen molar-refractivity contribution in [1.29, 1.82) is 0 Å². The number of carboxylic acid groups (broad SMARTS) is 1. The van der Waals surface area contributed by atoms with E-state index in [4.69, 9.17) is 5.11 Å². The maximum atomic E-state index is 11.5. The van der Waals surface area contributed by atoms with Gasteiger partial charge in [0.15, 0.2) is 0 Å². The molecule has 0 saturated carbocycles. The first-order chi connectivity index (χ1) is 8.63. The monoisotopic (exact) mass is 268 g/mol. The molecular formula is C12H16N2O3S. The maximum Gasteiger partial charge on any atom is 0.335 e. The SMILES string of the molecule is CSCCCNC(=O)Nc1cccc(C(=O)O)c1. The van der Waals surface area contributed by atoms with Gasteiger partial charge in [-0.15, -0.1) is 0 Å². The number of aromatic carboxylic acids is 1. The third kappa shape index (κ3) is 5.09. The van der Waals surface area contributed by atoms with Gasteiger partial charge in [-0.25, -0.2) is 9.59 Å². The summed E-state index contributed by atoms with van der Waals surface area (Å²) in [7, 11) is 0. The van der Waals surface area contributed by atoms with Gasteiger partial charge in [0.05, 0.1) is 5.56 Å². The second-order valence-corrected chi connectivity index (χ2v) is 4.60. The quantitative estimate of drug-likeness (QED) is 0.691. The molecule has 5 nitrogen and oxygen atoms in total. The zero-order chi connectivity index (χ0) is 13.4. The molecule has 0 unspecified atom stereocenters.